The molecule has 0 amide bonds. The molecule has 0 saturated carbocycles. The zero-order valence-electron chi connectivity index (χ0n) is 12.0. The summed E-state index contributed by atoms with van der Waals surface area (Å²) in [6.45, 7) is 2.21. The molecule has 1 aliphatic heterocycles. The Kier molecular flexibility index (Phi) is 3.20. The first-order chi connectivity index (χ1) is 10.4. The van der Waals surface area contributed by atoms with Gasteiger partial charge in [0.05, 0.1) is 5.69 Å². The number of piperidine rings is 1. The number of aromatic nitrogens is 2. The molecule has 2 heterocycles. The molecule has 0 bridgehead atoms. The van der Waals surface area contributed by atoms with Gasteiger partial charge in [-0.1, -0.05) is 36.4 Å². The second kappa shape index (κ2) is 5.34. The summed E-state index contributed by atoms with van der Waals surface area (Å²) in [5.41, 5.74) is 3.51. The topological polar surface area (TPSA) is 40.7 Å². The van der Waals surface area contributed by atoms with E-state index < -0.39 is 0 Å². The van der Waals surface area contributed by atoms with Crippen molar-refractivity contribution in [3.05, 3.63) is 54.2 Å². The molecule has 0 atom stereocenters. The van der Waals surface area contributed by atoms with Crippen molar-refractivity contribution in [2.75, 3.05) is 13.1 Å². The number of fused-ring (bicyclic) bond motifs is 1. The summed E-state index contributed by atoms with van der Waals surface area (Å²) in [6, 6.07) is 17.2. The van der Waals surface area contributed by atoms with Gasteiger partial charge in [-0.15, -0.1) is 0 Å². The Morgan fingerprint density at radius 2 is 1.71 bits per heavy atom. The summed E-state index contributed by atoms with van der Waals surface area (Å²) in [4.78, 5) is 0. The molecule has 1 fully saturated rings. The molecule has 0 aliphatic carbocycles. The lowest BCUT2D eigenvalue weighted by atomic mass is 9.94. The molecule has 4 rings (SSSR count). The van der Waals surface area contributed by atoms with Gasteiger partial charge >= 0.3 is 0 Å². The molecule has 21 heavy (non-hydrogen) atoms. The summed E-state index contributed by atoms with van der Waals surface area (Å²) in [5, 5.41) is 13.7. The first-order valence-electron chi connectivity index (χ1n) is 7.65. The van der Waals surface area contributed by atoms with Crippen molar-refractivity contribution in [3.63, 3.8) is 0 Å². The van der Waals surface area contributed by atoms with Crippen LogP contribution in [0.5, 0.6) is 0 Å². The third kappa shape index (κ3) is 2.45. The van der Waals surface area contributed by atoms with Crippen LogP contribution in [0.3, 0.4) is 0 Å². The van der Waals surface area contributed by atoms with E-state index in [0.29, 0.717) is 5.92 Å². The molecule has 0 unspecified atom stereocenters. The van der Waals surface area contributed by atoms with Crippen LogP contribution in [0.15, 0.2) is 48.5 Å². The Balaban J connectivity index is 1.67. The summed E-state index contributed by atoms with van der Waals surface area (Å²) in [7, 11) is 0. The van der Waals surface area contributed by atoms with Gasteiger partial charge in [0.25, 0.3) is 0 Å². The number of hydrogen-bond donors (Lipinski definition) is 2. The molecular formula is C18H19N3. The standard InChI is InChI=1S/C18H19N3/c1-2-4-15-11-16(6-5-13(15)3-1)18-12-17(20-21-18)14-7-9-19-10-8-14/h1-6,11-12,14,19H,7-10H2,(H,20,21). The lowest BCUT2D eigenvalue weighted by molar-refractivity contribution is 0.453. The molecule has 0 spiro atoms. The second-order valence-corrected chi connectivity index (χ2v) is 5.79. The molecule has 2 N–H and O–H groups in total. The van der Waals surface area contributed by atoms with E-state index in [1.807, 2.05) is 0 Å². The van der Waals surface area contributed by atoms with Gasteiger partial charge in [0, 0.05) is 17.2 Å². The maximum Gasteiger partial charge on any atom is 0.0923 e. The molecule has 1 saturated heterocycles. The molecule has 2 aromatic carbocycles. The smallest absolute Gasteiger partial charge is 0.0923 e. The van der Waals surface area contributed by atoms with Crippen LogP contribution in [0.25, 0.3) is 22.0 Å². The number of nitrogens with one attached hydrogen (secondary N) is 2. The predicted octanol–water partition coefficient (Wildman–Crippen LogP) is 3.70. The number of nitrogens with zero attached hydrogens (tertiary/aromatic N) is 1. The van der Waals surface area contributed by atoms with Crippen LogP contribution >= 0.6 is 0 Å². The average Bonchev–Trinajstić information content (AvgIpc) is 3.05. The van der Waals surface area contributed by atoms with Crippen molar-refractivity contribution < 1.29 is 0 Å². The van der Waals surface area contributed by atoms with Gasteiger partial charge in [-0.25, -0.2) is 0 Å². The van der Waals surface area contributed by atoms with Crippen molar-refractivity contribution in [3.8, 4) is 11.3 Å². The minimum absolute atomic E-state index is 0.618. The fourth-order valence-corrected chi connectivity index (χ4v) is 3.18. The Hall–Kier alpha value is -2.13. The Labute approximate surface area is 124 Å². The van der Waals surface area contributed by atoms with Gasteiger partial charge in [0.2, 0.25) is 0 Å². The number of hydrogen-bond acceptors (Lipinski definition) is 2. The molecule has 3 heteroatoms. The number of aromatic amines is 1. The van der Waals surface area contributed by atoms with Crippen LogP contribution in [0.1, 0.15) is 24.5 Å². The van der Waals surface area contributed by atoms with E-state index in [9.17, 15) is 0 Å². The highest BCUT2D eigenvalue weighted by molar-refractivity contribution is 5.86. The zero-order valence-corrected chi connectivity index (χ0v) is 12.0. The third-order valence-electron chi connectivity index (χ3n) is 4.42. The SMILES string of the molecule is c1ccc2cc(-c3cc(C4CCNCC4)[nH]n3)ccc2c1. The normalized spacial score (nSPS) is 16.4. The maximum atomic E-state index is 4.52. The highest BCUT2D eigenvalue weighted by Crippen LogP contribution is 2.28. The lowest BCUT2D eigenvalue weighted by Crippen LogP contribution is -2.26. The third-order valence-corrected chi connectivity index (χ3v) is 4.42. The minimum atomic E-state index is 0.618. The van der Waals surface area contributed by atoms with Gasteiger partial charge in [0.15, 0.2) is 0 Å². The van der Waals surface area contributed by atoms with Crippen molar-refractivity contribution in [1.82, 2.24) is 15.5 Å². The maximum absolute atomic E-state index is 4.52. The zero-order chi connectivity index (χ0) is 14.1. The number of rotatable bonds is 2. The van der Waals surface area contributed by atoms with Gasteiger partial charge in [-0.3, -0.25) is 5.10 Å². The largest absolute Gasteiger partial charge is 0.317 e. The van der Waals surface area contributed by atoms with Crippen molar-refractivity contribution in [2.24, 2.45) is 0 Å². The first kappa shape index (κ1) is 12.6. The van der Waals surface area contributed by atoms with E-state index >= 15 is 0 Å². The lowest BCUT2D eigenvalue weighted by Gasteiger charge is -2.20. The molecule has 3 nitrogen and oxygen atoms in total. The Morgan fingerprint density at radius 3 is 2.57 bits per heavy atom. The highest BCUT2D eigenvalue weighted by Gasteiger charge is 2.17. The van der Waals surface area contributed by atoms with Crippen molar-refractivity contribution in [1.29, 1.82) is 0 Å². The molecule has 1 aromatic heterocycles. The summed E-state index contributed by atoms with van der Waals surface area (Å²) >= 11 is 0. The van der Waals surface area contributed by atoms with Crippen LogP contribution in [0.4, 0.5) is 0 Å². The predicted molar refractivity (Wildman–Crippen MR) is 86.4 cm³/mol. The quantitative estimate of drug-likeness (QED) is 0.750. The molecule has 106 valence electrons. The highest BCUT2D eigenvalue weighted by atomic mass is 15.1. The van der Waals surface area contributed by atoms with E-state index in [1.54, 1.807) is 0 Å². The van der Waals surface area contributed by atoms with Crippen LogP contribution in [0.2, 0.25) is 0 Å². The summed E-state index contributed by atoms with van der Waals surface area (Å²) in [6.07, 6.45) is 2.39. The monoisotopic (exact) mass is 277 g/mol. The fourth-order valence-electron chi connectivity index (χ4n) is 3.18. The van der Waals surface area contributed by atoms with Crippen molar-refractivity contribution in [2.45, 2.75) is 18.8 Å². The van der Waals surface area contributed by atoms with Gasteiger partial charge in [-0.05, 0) is 48.8 Å². The second-order valence-electron chi connectivity index (χ2n) is 5.79. The van der Waals surface area contributed by atoms with Gasteiger partial charge in [0.1, 0.15) is 0 Å². The minimum Gasteiger partial charge on any atom is -0.317 e. The van der Waals surface area contributed by atoms with E-state index in [0.717, 1.165) is 18.8 Å². The Bertz CT molecular complexity index is 754. The van der Waals surface area contributed by atoms with Crippen LogP contribution in [0, 0.1) is 0 Å². The Morgan fingerprint density at radius 1 is 0.905 bits per heavy atom. The van der Waals surface area contributed by atoms with Gasteiger partial charge in [-0.2, -0.15) is 5.10 Å². The summed E-state index contributed by atoms with van der Waals surface area (Å²) in [5.74, 6) is 0.618. The molecule has 0 radical (unpaired) electrons. The van der Waals surface area contributed by atoms with E-state index in [-0.39, 0.29) is 0 Å². The van der Waals surface area contributed by atoms with Crippen LogP contribution in [-0.4, -0.2) is 23.3 Å². The van der Waals surface area contributed by atoms with Crippen LogP contribution in [-0.2, 0) is 0 Å². The summed E-state index contributed by atoms with van der Waals surface area (Å²) < 4.78 is 0. The van der Waals surface area contributed by atoms with Crippen LogP contribution < -0.4 is 5.32 Å². The molecule has 3 aromatic rings. The number of H-pyrrole nitrogens is 1. The van der Waals surface area contributed by atoms with E-state index in [1.165, 1.54) is 34.9 Å². The van der Waals surface area contributed by atoms with E-state index in [4.69, 9.17) is 0 Å². The van der Waals surface area contributed by atoms with Gasteiger partial charge < -0.3 is 5.32 Å². The van der Waals surface area contributed by atoms with Crippen molar-refractivity contribution >= 4 is 10.8 Å². The number of benzene rings is 2. The fraction of sp³-hybridized carbons (Fsp3) is 0.278. The molecular weight excluding hydrogens is 258 g/mol. The first-order valence-corrected chi connectivity index (χ1v) is 7.65. The van der Waals surface area contributed by atoms with E-state index in [2.05, 4.69) is 64.0 Å². The molecule has 1 aliphatic rings. The average molecular weight is 277 g/mol.